The molecule has 1 fully saturated rings. The first kappa shape index (κ1) is 16.8. The summed E-state index contributed by atoms with van der Waals surface area (Å²) in [7, 11) is 2.16. The molecule has 26 heavy (non-hydrogen) atoms. The number of nitrogens with one attached hydrogen (secondary N) is 1. The first-order valence-corrected chi connectivity index (χ1v) is 8.82. The van der Waals surface area contributed by atoms with Crippen molar-refractivity contribution in [3.05, 3.63) is 53.6 Å². The maximum atomic E-state index is 11.1. The molecule has 0 unspecified atom stereocenters. The lowest BCUT2D eigenvalue weighted by Gasteiger charge is -2.32. The molecule has 2 heterocycles. The lowest BCUT2D eigenvalue weighted by atomic mass is 10.0. The van der Waals surface area contributed by atoms with Gasteiger partial charge in [0, 0.05) is 43.7 Å². The highest BCUT2D eigenvalue weighted by Gasteiger charge is 2.15. The molecule has 1 aliphatic rings. The van der Waals surface area contributed by atoms with Crippen LogP contribution in [0.25, 0.3) is 22.2 Å². The van der Waals surface area contributed by atoms with Gasteiger partial charge in [-0.2, -0.15) is 5.10 Å². The molecule has 0 spiro atoms. The van der Waals surface area contributed by atoms with Crippen LogP contribution < -0.4 is 0 Å². The Labute approximate surface area is 152 Å². The van der Waals surface area contributed by atoms with Crippen LogP contribution in [-0.2, 0) is 6.54 Å². The number of aromatic amines is 1. The van der Waals surface area contributed by atoms with E-state index in [0.717, 1.165) is 54.9 Å². The normalized spacial score (nSPS) is 16.2. The van der Waals surface area contributed by atoms with Gasteiger partial charge in [-0.15, -0.1) is 0 Å². The Balaban J connectivity index is 1.60. The molecule has 0 atom stereocenters. The minimum atomic E-state index is -0.933. The second kappa shape index (κ2) is 6.90. The molecule has 6 nitrogen and oxygen atoms in total. The van der Waals surface area contributed by atoms with Crippen molar-refractivity contribution < 1.29 is 9.90 Å². The number of hydrogen-bond donors (Lipinski definition) is 2. The SMILES string of the molecule is CN1CCN(Cc2cccc(-c3n[nH]c4cc(C(=O)O)ccc34)c2)CC1. The van der Waals surface area contributed by atoms with Gasteiger partial charge in [0.05, 0.1) is 16.8 Å². The van der Waals surface area contributed by atoms with E-state index in [2.05, 4.69) is 45.2 Å². The average molecular weight is 350 g/mol. The number of carboxylic acid groups (broad SMARTS) is 1. The molecule has 6 heteroatoms. The van der Waals surface area contributed by atoms with Crippen molar-refractivity contribution in [1.29, 1.82) is 0 Å². The third-order valence-corrected chi connectivity index (χ3v) is 5.01. The summed E-state index contributed by atoms with van der Waals surface area (Å²) in [5.74, 6) is -0.933. The largest absolute Gasteiger partial charge is 0.478 e. The van der Waals surface area contributed by atoms with Crippen LogP contribution in [0.1, 0.15) is 15.9 Å². The van der Waals surface area contributed by atoms with Gasteiger partial charge in [-0.3, -0.25) is 10.00 Å². The summed E-state index contributed by atoms with van der Waals surface area (Å²) in [6.07, 6.45) is 0. The second-order valence-corrected chi connectivity index (χ2v) is 6.92. The summed E-state index contributed by atoms with van der Waals surface area (Å²) in [5.41, 5.74) is 4.18. The molecular weight excluding hydrogens is 328 g/mol. The standard InChI is InChI=1S/C20H22N4O2/c1-23-7-9-24(10-8-23)13-14-3-2-4-15(11-14)19-17-6-5-16(20(25)26)12-18(17)21-22-19/h2-6,11-12H,7-10,13H2,1H3,(H,21,22)(H,25,26). The molecule has 1 aromatic heterocycles. The van der Waals surface area contributed by atoms with Crippen LogP contribution in [0.3, 0.4) is 0 Å². The maximum absolute atomic E-state index is 11.1. The number of hydrogen-bond acceptors (Lipinski definition) is 4. The van der Waals surface area contributed by atoms with Crippen LogP contribution >= 0.6 is 0 Å². The highest BCUT2D eigenvalue weighted by molar-refractivity contribution is 5.98. The van der Waals surface area contributed by atoms with Gasteiger partial charge in [0.1, 0.15) is 0 Å². The van der Waals surface area contributed by atoms with Crippen LogP contribution in [0.15, 0.2) is 42.5 Å². The monoisotopic (exact) mass is 350 g/mol. The Bertz CT molecular complexity index is 942. The van der Waals surface area contributed by atoms with Crippen LogP contribution in [0, 0.1) is 0 Å². The van der Waals surface area contributed by atoms with Gasteiger partial charge >= 0.3 is 5.97 Å². The Morgan fingerprint density at radius 1 is 1.15 bits per heavy atom. The fourth-order valence-corrected chi connectivity index (χ4v) is 3.45. The quantitative estimate of drug-likeness (QED) is 0.757. The van der Waals surface area contributed by atoms with E-state index in [1.165, 1.54) is 5.56 Å². The zero-order chi connectivity index (χ0) is 18.1. The van der Waals surface area contributed by atoms with Gasteiger partial charge in [0.25, 0.3) is 0 Å². The molecule has 1 saturated heterocycles. The predicted octanol–water partition coefficient (Wildman–Crippen LogP) is 2.68. The van der Waals surface area contributed by atoms with Gasteiger partial charge in [-0.25, -0.2) is 4.79 Å². The number of benzene rings is 2. The van der Waals surface area contributed by atoms with Crippen LogP contribution in [-0.4, -0.2) is 64.3 Å². The van der Waals surface area contributed by atoms with E-state index in [9.17, 15) is 4.79 Å². The average Bonchev–Trinajstić information content (AvgIpc) is 3.07. The molecule has 0 saturated carbocycles. The van der Waals surface area contributed by atoms with Crippen molar-refractivity contribution in [3.63, 3.8) is 0 Å². The Kier molecular flexibility index (Phi) is 4.44. The Morgan fingerprint density at radius 3 is 2.73 bits per heavy atom. The molecule has 0 aliphatic carbocycles. The zero-order valence-corrected chi connectivity index (χ0v) is 14.8. The number of aromatic carboxylic acids is 1. The first-order valence-electron chi connectivity index (χ1n) is 8.82. The molecule has 0 amide bonds. The van der Waals surface area contributed by atoms with Gasteiger partial charge in [0.15, 0.2) is 0 Å². The van der Waals surface area contributed by atoms with Gasteiger partial charge in [-0.05, 0) is 36.9 Å². The summed E-state index contributed by atoms with van der Waals surface area (Å²) in [5, 5.41) is 17.5. The van der Waals surface area contributed by atoms with Crippen molar-refractivity contribution in [2.75, 3.05) is 33.2 Å². The molecular formula is C20H22N4O2. The van der Waals surface area contributed by atoms with E-state index in [1.807, 2.05) is 12.1 Å². The number of carboxylic acids is 1. The molecule has 134 valence electrons. The van der Waals surface area contributed by atoms with Crippen molar-refractivity contribution in [2.45, 2.75) is 6.54 Å². The topological polar surface area (TPSA) is 72.5 Å². The van der Waals surface area contributed by atoms with E-state index < -0.39 is 5.97 Å². The fraction of sp³-hybridized carbons (Fsp3) is 0.300. The summed E-state index contributed by atoms with van der Waals surface area (Å²) >= 11 is 0. The van der Waals surface area contributed by atoms with Crippen molar-refractivity contribution in [3.8, 4) is 11.3 Å². The number of fused-ring (bicyclic) bond motifs is 1. The number of carbonyl (C=O) groups is 1. The fourth-order valence-electron chi connectivity index (χ4n) is 3.45. The van der Waals surface area contributed by atoms with E-state index in [0.29, 0.717) is 0 Å². The summed E-state index contributed by atoms with van der Waals surface area (Å²) in [6.45, 7) is 5.33. The second-order valence-electron chi connectivity index (χ2n) is 6.92. The molecule has 1 aliphatic heterocycles. The summed E-state index contributed by atoms with van der Waals surface area (Å²) in [4.78, 5) is 16.0. The zero-order valence-electron chi connectivity index (χ0n) is 14.8. The van der Waals surface area contributed by atoms with Gasteiger partial charge in [0.2, 0.25) is 0 Å². The molecule has 2 N–H and O–H groups in total. The van der Waals surface area contributed by atoms with Crippen LogP contribution in [0.2, 0.25) is 0 Å². The lowest BCUT2D eigenvalue weighted by molar-refractivity contribution is 0.0697. The Morgan fingerprint density at radius 2 is 1.96 bits per heavy atom. The van der Waals surface area contributed by atoms with Crippen molar-refractivity contribution in [2.24, 2.45) is 0 Å². The lowest BCUT2D eigenvalue weighted by Crippen LogP contribution is -2.43. The summed E-state index contributed by atoms with van der Waals surface area (Å²) < 4.78 is 0. The number of likely N-dealkylation sites (N-methyl/N-ethyl adjacent to an activating group) is 1. The number of piperazine rings is 1. The van der Waals surface area contributed by atoms with E-state index in [4.69, 9.17) is 5.11 Å². The number of aromatic nitrogens is 2. The highest BCUT2D eigenvalue weighted by Crippen LogP contribution is 2.28. The number of H-pyrrole nitrogens is 1. The smallest absolute Gasteiger partial charge is 0.335 e. The van der Waals surface area contributed by atoms with Crippen LogP contribution in [0.4, 0.5) is 0 Å². The maximum Gasteiger partial charge on any atom is 0.335 e. The van der Waals surface area contributed by atoms with Crippen molar-refractivity contribution in [1.82, 2.24) is 20.0 Å². The van der Waals surface area contributed by atoms with Crippen molar-refractivity contribution >= 4 is 16.9 Å². The van der Waals surface area contributed by atoms with E-state index in [-0.39, 0.29) is 5.56 Å². The minimum absolute atomic E-state index is 0.261. The molecule has 3 aromatic rings. The summed E-state index contributed by atoms with van der Waals surface area (Å²) in [6, 6.07) is 13.5. The third-order valence-electron chi connectivity index (χ3n) is 5.01. The molecule has 0 bridgehead atoms. The minimum Gasteiger partial charge on any atom is -0.478 e. The molecule has 4 rings (SSSR count). The van der Waals surface area contributed by atoms with E-state index >= 15 is 0 Å². The third kappa shape index (κ3) is 3.34. The Hall–Kier alpha value is -2.70. The predicted molar refractivity (Wildman–Crippen MR) is 101 cm³/mol. The van der Waals surface area contributed by atoms with Gasteiger partial charge < -0.3 is 10.0 Å². The molecule has 2 aromatic carbocycles. The number of rotatable bonds is 4. The number of nitrogens with zero attached hydrogens (tertiary/aromatic N) is 3. The first-order chi connectivity index (χ1) is 12.6. The highest BCUT2D eigenvalue weighted by atomic mass is 16.4. The van der Waals surface area contributed by atoms with Crippen LogP contribution in [0.5, 0.6) is 0 Å². The molecule has 0 radical (unpaired) electrons. The van der Waals surface area contributed by atoms with Gasteiger partial charge in [-0.1, -0.05) is 18.2 Å². The van der Waals surface area contributed by atoms with E-state index in [1.54, 1.807) is 12.1 Å².